The summed E-state index contributed by atoms with van der Waals surface area (Å²) in [7, 11) is 0. The number of rotatable bonds is 5. The molecule has 0 aliphatic heterocycles. The summed E-state index contributed by atoms with van der Waals surface area (Å²) in [6.45, 7) is 3.05. The molecular weight excluding hydrogens is 162 g/mol. The predicted octanol–water partition coefficient (Wildman–Crippen LogP) is 0.410. The normalized spacial score (nSPS) is 10.0. The number of benzene rings is 1. The third-order valence-corrected chi connectivity index (χ3v) is 1.92. The molecule has 0 aliphatic rings. The van der Waals surface area contributed by atoms with Crippen molar-refractivity contribution in [2.75, 3.05) is 31.1 Å². The first kappa shape index (κ1) is 10.0. The van der Waals surface area contributed by atoms with Crippen molar-refractivity contribution in [3.63, 3.8) is 0 Å². The SMILES string of the molecule is NCCN(CCN)c1ccccc1. The second-order valence-corrected chi connectivity index (χ2v) is 2.90. The molecule has 0 aromatic heterocycles. The van der Waals surface area contributed by atoms with Crippen LogP contribution in [-0.2, 0) is 0 Å². The van der Waals surface area contributed by atoms with E-state index >= 15 is 0 Å². The van der Waals surface area contributed by atoms with Gasteiger partial charge in [0.05, 0.1) is 0 Å². The summed E-state index contributed by atoms with van der Waals surface area (Å²) in [5.74, 6) is 0. The third kappa shape index (κ3) is 3.05. The summed E-state index contributed by atoms with van der Waals surface area (Å²) >= 11 is 0. The van der Waals surface area contributed by atoms with Gasteiger partial charge in [-0.2, -0.15) is 0 Å². The van der Waals surface area contributed by atoms with E-state index < -0.39 is 0 Å². The maximum absolute atomic E-state index is 5.51. The molecule has 0 radical (unpaired) electrons. The van der Waals surface area contributed by atoms with E-state index in [1.807, 2.05) is 18.2 Å². The minimum Gasteiger partial charge on any atom is -0.369 e. The smallest absolute Gasteiger partial charge is 0.0367 e. The highest BCUT2D eigenvalue weighted by Gasteiger charge is 2.02. The minimum atomic E-state index is 0.662. The van der Waals surface area contributed by atoms with Crippen molar-refractivity contribution in [1.29, 1.82) is 0 Å². The lowest BCUT2D eigenvalue weighted by molar-refractivity contribution is 0.782. The number of nitrogens with zero attached hydrogens (tertiary/aromatic N) is 1. The van der Waals surface area contributed by atoms with Crippen molar-refractivity contribution < 1.29 is 0 Å². The second-order valence-electron chi connectivity index (χ2n) is 2.90. The van der Waals surface area contributed by atoms with Crippen LogP contribution in [0, 0.1) is 0 Å². The molecule has 3 nitrogen and oxygen atoms in total. The molecule has 1 aromatic carbocycles. The Balaban J connectivity index is 2.64. The first-order valence-corrected chi connectivity index (χ1v) is 4.58. The molecule has 0 saturated heterocycles. The van der Waals surface area contributed by atoms with E-state index in [2.05, 4.69) is 17.0 Å². The van der Waals surface area contributed by atoms with Gasteiger partial charge in [-0.3, -0.25) is 0 Å². The van der Waals surface area contributed by atoms with Gasteiger partial charge in [0.2, 0.25) is 0 Å². The van der Waals surface area contributed by atoms with Crippen LogP contribution < -0.4 is 16.4 Å². The molecule has 4 N–H and O–H groups in total. The zero-order chi connectivity index (χ0) is 9.52. The summed E-state index contributed by atoms with van der Waals surface area (Å²) in [5, 5.41) is 0. The van der Waals surface area contributed by atoms with Crippen LogP contribution in [0.15, 0.2) is 30.3 Å². The van der Waals surface area contributed by atoms with Gasteiger partial charge in [0.25, 0.3) is 0 Å². The van der Waals surface area contributed by atoms with E-state index in [4.69, 9.17) is 11.5 Å². The van der Waals surface area contributed by atoms with Crippen LogP contribution in [0.4, 0.5) is 5.69 Å². The van der Waals surface area contributed by atoms with Crippen LogP contribution >= 0.6 is 0 Å². The van der Waals surface area contributed by atoms with Gasteiger partial charge in [-0.15, -0.1) is 0 Å². The fourth-order valence-electron chi connectivity index (χ4n) is 1.32. The van der Waals surface area contributed by atoms with Gasteiger partial charge in [0, 0.05) is 31.9 Å². The molecule has 0 heterocycles. The number of nitrogens with two attached hydrogens (primary N) is 2. The first-order chi connectivity index (χ1) is 6.38. The summed E-state index contributed by atoms with van der Waals surface area (Å²) in [5.41, 5.74) is 12.2. The Kier molecular flexibility index (Phi) is 4.29. The standard InChI is InChI=1S/C10H17N3/c11-6-8-13(9-7-12)10-4-2-1-3-5-10/h1-5H,6-9,11-12H2. The van der Waals surface area contributed by atoms with Crippen molar-refractivity contribution in [3.05, 3.63) is 30.3 Å². The molecule has 0 spiro atoms. The molecular formula is C10H17N3. The van der Waals surface area contributed by atoms with Gasteiger partial charge >= 0.3 is 0 Å². The van der Waals surface area contributed by atoms with Gasteiger partial charge in [-0.05, 0) is 12.1 Å². The Morgan fingerprint density at radius 3 is 1.92 bits per heavy atom. The molecule has 72 valence electrons. The zero-order valence-corrected chi connectivity index (χ0v) is 7.82. The molecule has 0 unspecified atom stereocenters. The molecule has 0 atom stereocenters. The summed E-state index contributed by atoms with van der Waals surface area (Å²) in [6, 6.07) is 10.2. The van der Waals surface area contributed by atoms with E-state index in [0.29, 0.717) is 13.1 Å². The Hall–Kier alpha value is -1.06. The average Bonchev–Trinajstić information content (AvgIpc) is 2.19. The lowest BCUT2D eigenvalue weighted by Crippen LogP contribution is -2.33. The largest absolute Gasteiger partial charge is 0.369 e. The Morgan fingerprint density at radius 1 is 0.923 bits per heavy atom. The highest BCUT2D eigenvalue weighted by molar-refractivity contribution is 5.45. The van der Waals surface area contributed by atoms with Crippen LogP contribution in [-0.4, -0.2) is 26.2 Å². The first-order valence-electron chi connectivity index (χ1n) is 4.58. The van der Waals surface area contributed by atoms with Gasteiger partial charge in [0.1, 0.15) is 0 Å². The molecule has 13 heavy (non-hydrogen) atoms. The van der Waals surface area contributed by atoms with E-state index in [9.17, 15) is 0 Å². The van der Waals surface area contributed by atoms with Crippen LogP contribution in [0.5, 0.6) is 0 Å². The summed E-state index contributed by atoms with van der Waals surface area (Å²) in [6.07, 6.45) is 0. The van der Waals surface area contributed by atoms with Crippen LogP contribution in [0.25, 0.3) is 0 Å². The fraction of sp³-hybridized carbons (Fsp3) is 0.400. The Bertz CT molecular complexity index is 217. The van der Waals surface area contributed by atoms with Crippen molar-refractivity contribution in [3.8, 4) is 0 Å². The van der Waals surface area contributed by atoms with Gasteiger partial charge < -0.3 is 16.4 Å². The molecule has 0 saturated carbocycles. The molecule has 0 amide bonds. The average molecular weight is 179 g/mol. The highest BCUT2D eigenvalue weighted by atomic mass is 15.1. The van der Waals surface area contributed by atoms with Gasteiger partial charge in [0.15, 0.2) is 0 Å². The van der Waals surface area contributed by atoms with Crippen LogP contribution in [0.3, 0.4) is 0 Å². The van der Waals surface area contributed by atoms with Crippen LogP contribution in [0.2, 0.25) is 0 Å². The summed E-state index contributed by atoms with van der Waals surface area (Å²) in [4.78, 5) is 2.19. The third-order valence-electron chi connectivity index (χ3n) is 1.92. The lowest BCUT2D eigenvalue weighted by atomic mass is 10.3. The lowest BCUT2D eigenvalue weighted by Gasteiger charge is -2.23. The Labute approximate surface area is 79.3 Å². The Morgan fingerprint density at radius 2 is 1.46 bits per heavy atom. The summed E-state index contributed by atoms with van der Waals surface area (Å²) < 4.78 is 0. The maximum Gasteiger partial charge on any atom is 0.0367 e. The molecule has 0 aliphatic carbocycles. The van der Waals surface area contributed by atoms with E-state index in [1.165, 1.54) is 5.69 Å². The number of hydrogen-bond donors (Lipinski definition) is 2. The van der Waals surface area contributed by atoms with Crippen molar-refractivity contribution >= 4 is 5.69 Å². The number of para-hydroxylation sites is 1. The minimum absolute atomic E-state index is 0.662. The van der Waals surface area contributed by atoms with Gasteiger partial charge in [-0.25, -0.2) is 0 Å². The topological polar surface area (TPSA) is 55.3 Å². The number of anilines is 1. The predicted molar refractivity (Wildman–Crippen MR) is 56.8 cm³/mol. The molecule has 3 heteroatoms. The van der Waals surface area contributed by atoms with Gasteiger partial charge in [-0.1, -0.05) is 18.2 Å². The van der Waals surface area contributed by atoms with E-state index in [0.717, 1.165) is 13.1 Å². The molecule has 1 rings (SSSR count). The van der Waals surface area contributed by atoms with Crippen LogP contribution in [0.1, 0.15) is 0 Å². The maximum atomic E-state index is 5.51. The van der Waals surface area contributed by atoms with E-state index in [1.54, 1.807) is 0 Å². The fourth-order valence-corrected chi connectivity index (χ4v) is 1.32. The quantitative estimate of drug-likeness (QED) is 0.688. The monoisotopic (exact) mass is 179 g/mol. The van der Waals surface area contributed by atoms with Crippen molar-refractivity contribution in [2.45, 2.75) is 0 Å². The zero-order valence-electron chi connectivity index (χ0n) is 7.82. The van der Waals surface area contributed by atoms with Crippen molar-refractivity contribution in [2.24, 2.45) is 11.5 Å². The molecule has 1 aromatic rings. The highest BCUT2D eigenvalue weighted by Crippen LogP contribution is 2.11. The molecule has 0 bridgehead atoms. The number of hydrogen-bond acceptors (Lipinski definition) is 3. The molecule has 0 fully saturated rings. The second kappa shape index (κ2) is 5.56. The van der Waals surface area contributed by atoms with E-state index in [-0.39, 0.29) is 0 Å². The van der Waals surface area contributed by atoms with Crippen molar-refractivity contribution in [1.82, 2.24) is 0 Å².